The van der Waals surface area contributed by atoms with Gasteiger partial charge in [-0.25, -0.2) is 4.79 Å². The van der Waals surface area contributed by atoms with Gasteiger partial charge in [-0.1, -0.05) is 24.3 Å². The number of hydrogen-bond acceptors (Lipinski definition) is 4. The Balaban J connectivity index is 1.68. The van der Waals surface area contributed by atoms with Crippen molar-refractivity contribution in [1.29, 1.82) is 0 Å². The standard InChI is InChI=1S/C20H25NO4/c1-13-9-15-12-24-17(22)20(15,10-13)11-14-5-7-16(8-6-14)21-18(23)25-19(2,3)4/h5-8,15H,1,9-12H2,2-4H3,(H,21,23). The largest absolute Gasteiger partial charge is 0.465 e. The molecule has 1 aromatic rings. The lowest BCUT2D eigenvalue weighted by Crippen LogP contribution is -2.31. The van der Waals surface area contributed by atoms with E-state index in [2.05, 4.69) is 11.9 Å². The minimum Gasteiger partial charge on any atom is -0.465 e. The molecule has 2 aliphatic rings. The molecule has 1 amide bonds. The molecule has 1 heterocycles. The van der Waals surface area contributed by atoms with Gasteiger partial charge in [-0.15, -0.1) is 0 Å². The number of allylic oxidation sites excluding steroid dienone is 1. The van der Waals surface area contributed by atoms with Gasteiger partial charge in [0, 0.05) is 11.6 Å². The molecule has 2 atom stereocenters. The van der Waals surface area contributed by atoms with Crippen molar-refractivity contribution in [1.82, 2.24) is 0 Å². The molecule has 1 N–H and O–H groups in total. The number of fused-ring (bicyclic) bond motifs is 1. The van der Waals surface area contributed by atoms with Crippen LogP contribution >= 0.6 is 0 Å². The molecule has 0 aromatic heterocycles. The Bertz CT molecular complexity index is 701. The molecule has 1 aliphatic carbocycles. The van der Waals surface area contributed by atoms with Gasteiger partial charge in [-0.2, -0.15) is 0 Å². The van der Waals surface area contributed by atoms with Crippen LogP contribution < -0.4 is 5.32 Å². The topological polar surface area (TPSA) is 64.6 Å². The van der Waals surface area contributed by atoms with Crippen LogP contribution in [0, 0.1) is 11.3 Å². The number of nitrogens with one attached hydrogen (secondary N) is 1. The molecule has 25 heavy (non-hydrogen) atoms. The lowest BCUT2D eigenvalue weighted by molar-refractivity contribution is -0.146. The van der Waals surface area contributed by atoms with E-state index in [1.165, 1.54) is 0 Å². The molecule has 5 heteroatoms. The Morgan fingerprint density at radius 1 is 1.36 bits per heavy atom. The maximum absolute atomic E-state index is 12.3. The molecular formula is C20H25NO4. The van der Waals surface area contributed by atoms with Gasteiger partial charge in [0.15, 0.2) is 0 Å². The highest BCUT2D eigenvalue weighted by molar-refractivity contribution is 5.85. The third-order valence-electron chi connectivity index (χ3n) is 4.82. The smallest absolute Gasteiger partial charge is 0.412 e. The molecule has 0 radical (unpaired) electrons. The number of rotatable bonds is 3. The van der Waals surface area contributed by atoms with Gasteiger partial charge in [-0.05, 0) is 57.7 Å². The van der Waals surface area contributed by atoms with Gasteiger partial charge in [0.1, 0.15) is 5.60 Å². The zero-order valence-corrected chi connectivity index (χ0v) is 15.1. The van der Waals surface area contributed by atoms with E-state index in [1.54, 1.807) is 0 Å². The number of anilines is 1. The fraction of sp³-hybridized carbons (Fsp3) is 0.500. The van der Waals surface area contributed by atoms with E-state index in [0.717, 1.165) is 17.6 Å². The Labute approximate surface area is 148 Å². The molecule has 5 nitrogen and oxygen atoms in total. The van der Waals surface area contributed by atoms with Crippen LogP contribution in [0.4, 0.5) is 10.5 Å². The maximum Gasteiger partial charge on any atom is 0.412 e. The van der Waals surface area contributed by atoms with Crippen LogP contribution in [0.3, 0.4) is 0 Å². The molecule has 0 bridgehead atoms. The second-order valence-corrected chi connectivity index (χ2v) is 8.08. The van der Waals surface area contributed by atoms with E-state index in [0.29, 0.717) is 25.1 Å². The molecule has 1 aliphatic heterocycles. The van der Waals surface area contributed by atoms with Crippen LogP contribution in [0.2, 0.25) is 0 Å². The highest BCUT2D eigenvalue weighted by Crippen LogP contribution is 2.52. The molecular weight excluding hydrogens is 318 g/mol. The van der Waals surface area contributed by atoms with Crippen molar-refractivity contribution >= 4 is 17.7 Å². The number of esters is 1. The molecule has 0 spiro atoms. The summed E-state index contributed by atoms with van der Waals surface area (Å²) in [6.07, 6.45) is 1.73. The van der Waals surface area contributed by atoms with Crippen molar-refractivity contribution in [2.24, 2.45) is 11.3 Å². The van der Waals surface area contributed by atoms with Gasteiger partial charge in [-0.3, -0.25) is 10.1 Å². The monoisotopic (exact) mass is 343 g/mol. The number of cyclic esters (lactones) is 1. The molecule has 1 aromatic carbocycles. The summed E-state index contributed by atoms with van der Waals surface area (Å²) in [6.45, 7) is 10.0. The van der Waals surface area contributed by atoms with Gasteiger partial charge < -0.3 is 9.47 Å². The molecule has 2 fully saturated rings. The lowest BCUT2D eigenvalue weighted by Gasteiger charge is -2.24. The average Bonchev–Trinajstić information content (AvgIpc) is 2.95. The van der Waals surface area contributed by atoms with Crippen LogP contribution in [0.15, 0.2) is 36.4 Å². The number of carbonyl (C=O) groups excluding carboxylic acids is 2. The molecule has 134 valence electrons. The fourth-order valence-corrected chi connectivity index (χ4v) is 3.75. The third kappa shape index (κ3) is 3.70. The van der Waals surface area contributed by atoms with E-state index in [9.17, 15) is 9.59 Å². The second-order valence-electron chi connectivity index (χ2n) is 8.08. The van der Waals surface area contributed by atoms with E-state index in [-0.39, 0.29) is 11.9 Å². The first-order valence-electron chi connectivity index (χ1n) is 8.61. The number of carbonyl (C=O) groups is 2. The van der Waals surface area contributed by atoms with Crippen LogP contribution in [0.25, 0.3) is 0 Å². The zero-order chi connectivity index (χ0) is 18.2. The molecule has 2 unspecified atom stereocenters. The average molecular weight is 343 g/mol. The van der Waals surface area contributed by atoms with Crippen molar-refractivity contribution in [2.75, 3.05) is 11.9 Å². The van der Waals surface area contributed by atoms with Crippen LogP contribution in [0.5, 0.6) is 0 Å². The minimum atomic E-state index is -0.536. The fourth-order valence-electron chi connectivity index (χ4n) is 3.75. The van der Waals surface area contributed by atoms with Crippen molar-refractivity contribution in [3.63, 3.8) is 0 Å². The number of amides is 1. The van der Waals surface area contributed by atoms with Gasteiger partial charge in [0.05, 0.1) is 12.0 Å². The summed E-state index contributed by atoms with van der Waals surface area (Å²) in [5.41, 5.74) is 1.85. The van der Waals surface area contributed by atoms with Crippen molar-refractivity contribution in [2.45, 2.75) is 45.6 Å². The Morgan fingerprint density at radius 3 is 2.68 bits per heavy atom. The van der Waals surface area contributed by atoms with Crippen LogP contribution in [-0.4, -0.2) is 24.3 Å². The first kappa shape index (κ1) is 17.5. The summed E-state index contributed by atoms with van der Waals surface area (Å²) in [5.74, 6) is 0.124. The predicted molar refractivity (Wildman–Crippen MR) is 95.3 cm³/mol. The third-order valence-corrected chi connectivity index (χ3v) is 4.82. The lowest BCUT2D eigenvalue weighted by atomic mass is 9.75. The summed E-state index contributed by atoms with van der Waals surface area (Å²) in [5, 5.41) is 2.71. The van der Waals surface area contributed by atoms with E-state index in [1.807, 2.05) is 45.0 Å². The zero-order valence-electron chi connectivity index (χ0n) is 15.1. The highest BCUT2D eigenvalue weighted by Gasteiger charge is 2.55. The van der Waals surface area contributed by atoms with E-state index in [4.69, 9.17) is 9.47 Å². The summed E-state index contributed by atoms with van der Waals surface area (Å²) < 4.78 is 10.6. The highest BCUT2D eigenvalue weighted by atomic mass is 16.6. The van der Waals surface area contributed by atoms with Crippen LogP contribution in [-0.2, 0) is 20.7 Å². The van der Waals surface area contributed by atoms with Crippen LogP contribution in [0.1, 0.15) is 39.2 Å². The Morgan fingerprint density at radius 2 is 2.04 bits per heavy atom. The maximum atomic E-state index is 12.3. The predicted octanol–water partition coefficient (Wildman–Crippen LogP) is 4.09. The summed E-state index contributed by atoms with van der Waals surface area (Å²) in [6, 6.07) is 7.53. The first-order valence-corrected chi connectivity index (χ1v) is 8.61. The van der Waals surface area contributed by atoms with Gasteiger partial charge in [0.2, 0.25) is 0 Å². The molecule has 1 saturated heterocycles. The quantitative estimate of drug-likeness (QED) is 0.663. The first-order chi connectivity index (χ1) is 11.7. The van der Waals surface area contributed by atoms with Gasteiger partial charge in [0.25, 0.3) is 0 Å². The molecule has 1 saturated carbocycles. The number of benzene rings is 1. The van der Waals surface area contributed by atoms with Gasteiger partial charge >= 0.3 is 12.1 Å². The van der Waals surface area contributed by atoms with Crippen molar-refractivity contribution in [3.8, 4) is 0 Å². The Hall–Kier alpha value is -2.30. The summed E-state index contributed by atoms with van der Waals surface area (Å²) in [4.78, 5) is 24.2. The van der Waals surface area contributed by atoms with Crippen molar-refractivity contribution < 1.29 is 19.1 Å². The second kappa shape index (κ2) is 6.21. The van der Waals surface area contributed by atoms with E-state index >= 15 is 0 Å². The number of hydrogen-bond donors (Lipinski definition) is 1. The summed E-state index contributed by atoms with van der Waals surface area (Å²) >= 11 is 0. The SMILES string of the molecule is C=C1CC2COC(=O)C2(Cc2ccc(NC(=O)OC(C)(C)C)cc2)C1. The number of ether oxygens (including phenoxy) is 2. The molecule has 3 rings (SSSR count). The normalized spacial score (nSPS) is 25.5. The summed E-state index contributed by atoms with van der Waals surface area (Å²) in [7, 11) is 0. The Kier molecular flexibility index (Phi) is 4.35. The minimum absolute atomic E-state index is 0.105. The van der Waals surface area contributed by atoms with E-state index < -0.39 is 17.1 Å². The van der Waals surface area contributed by atoms with Crippen molar-refractivity contribution in [3.05, 3.63) is 42.0 Å².